The molecular weight excluding hydrogens is 336 g/mol. The van der Waals surface area contributed by atoms with Crippen molar-refractivity contribution in [2.45, 2.75) is 32.9 Å². The number of hydrogen-bond acceptors (Lipinski definition) is 6. The quantitative estimate of drug-likeness (QED) is 0.725. The Morgan fingerprint density at radius 1 is 1.42 bits per heavy atom. The van der Waals surface area contributed by atoms with E-state index in [1.165, 1.54) is 10.9 Å². The molecule has 0 spiro atoms. The molecule has 2 heterocycles. The zero-order valence-corrected chi connectivity index (χ0v) is 14.9. The maximum atomic E-state index is 12.7. The van der Waals surface area contributed by atoms with Crippen LogP contribution in [-0.4, -0.2) is 27.7 Å². The maximum absolute atomic E-state index is 12.7. The highest BCUT2D eigenvalue weighted by Crippen LogP contribution is 2.15. The van der Waals surface area contributed by atoms with Crippen LogP contribution in [0.1, 0.15) is 30.6 Å². The lowest BCUT2D eigenvalue weighted by molar-refractivity contribution is -0.124. The molecule has 0 unspecified atom stereocenters. The highest BCUT2D eigenvalue weighted by atomic mass is 16.5. The molecule has 0 fully saturated rings. The van der Waals surface area contributed by atoms with Crippen molar-refractivity contribution in [2.75, 3.05) is 7.11 Å². The summed E-state index contributed by atoms with van der Waals surface area (Å²) < 4.78 is 11.5. The zero-order valence-electron chi connectivity index (χ0n) is 14.9. The maximum Gasteiger partial charge on any atom is 0.267 e. The summed E-state index contributed by atoms with van der Waals surface area (Å²) in [4.78, 5) is 29.4. The van der Waals surface area contributed by atoms with Gasteiger partial charge in [0.15, 0.2) is 0 Å². The van der Waals surface area contributed by atoms with E-state index < -0.39 is 6.04 Å². The highest BCUT2D eigenvalue weighted by Gasteiger charge is 2.22. The lowest BCUT2D eigenvalue weighted by Crippen LogP contribution is -2.37. The molecule has 1 N–H and O–H groups in total. The third-order valence-electron chi connectivity index (χ3n) is 4.22. The van der Waals surface area contributed by atoms with Crippen LogP contribution < -0.4 is 15.6 Å². The Kier molecular flexibility index (Phi) is 5.01. The lowest BCUT2D eigenvalue weighted by atomic mass is 10.1. The molecule has 136 valence electrons. The van der Waals surface area contributed by atoms with Gasteiger partial charge in [-0.25, -0.2) is 4.98 Å². The Hall–Kier alpha value is -3.16. The molecular formula is C18H20N4O4. The molecule has 3 rings (SSSR count). The predicted octanol–water partition coefficient (Wildman–Crippen LogP) is 1.97. The van der Waals surface area contributed by atoms with E-state index in [4.69, 9.17) is 9.26 Å². The van der Waals surface area contributed by atoms with E-state index in [0.717, 1.165) is 11.3 Å². The minimum absolute atomic E-state index is 0.176. The molecule has 8 nitrogen and oxygen atoms in total. The van der Waals surface area contributed by atoms with Crippen LogP contribution in [0.2, 0.25) is 0 Å². The van der Waals surface area contributed by atoms with Crippen molar-refractivity contribution in [1.29, 1.82) is 0 Å². The molecule has 0 bridgehead atoms. The van der Waals surface area contributed by atoms with Gasteiger partial charge in [0.05, 0.1) is 12.8 Å². The minimum atomic E-state index is -0.667. The Bertz CT molecular complexity index is 992. The van der Waals surface area contributed by atoms with Crippen LogP contribution in [0.5, 0.6) is 5.75 Å². The van der Waals surface area contributed by atoms with Crippen molar-refractivity contribution >= 4 is 17.0 Å². The number of carbonyl (C=O) groups is 1. The molecule has 26 heavy (non-hydrogen) atoms. The fourth-order valence-corrected chi connectivity index (χ4v) is 2.81. The predicted molar refractivity (Wildman–Crippen MR) is 95.0 cm³/mol. The second kappa shape index (κ2) is 7.38. The summed E-state index contributed by atoms with van der Waals surface area (Å²) in [7, 11) is 1.59. The summed E-state index contributed by atoms with van der Waals surface area (Å²) >= 11 is 0. The van der Waals surface area contributed by atoms with Crippen molar-refractivity contribution in [3.63, 3.8) is 0 Å². The molecule has 0 radical (unpaired) electrons. The van der Waals surface area contributed by atoms with Crippen LogP contribution in [0.25, 0.3) is 11.1 Å². The Balaban J connectivity index is 1.82. The van der Waals surface area contributed by atoms with E-state index in [2.05, 4.69) is 15.5 Å². The van der Waals surface area contributed by atoms with E-state index in [0.29, 0.717) is 24.0 Å². The molecule has 0 saturated carbocycles. The molecule has 8 heteroatoms. The van der Waals surface area contributed by atoms with Crippen molar-refractivity contribution < 1.29 is 14.1 Å². The molecule has 1 amide bonds. The van der Waals surface area contributed by atoms with Crippen LogP contribution >= 0.6 is 0 Å². The van der Waals surface area contributed by atoms with E-state index >= 15 is 0 Å². The average molecular weight is 356 g/mol. The number of ether oxygens (including phenoxy) is 1. The standard InChI is InChI=1S/C18H20N4O4/c1-4-14(16(23)19-9-12-6-5-7-13(8-12)25-3)22-10-20-17-15(18(22)24)11(2)21-26-17/h5-8,10,14H,4,9H2,1-3H3,(H,19,23)/t14-/m1/s1. The van der Waals surface area contributed by atoms with Crippen LogP contribution in [0.15, 0.2) is 39.9 Å². The molecule has 2 aromatic heterocycles. The zero-order chi connectivity index (χ0) is 18.7. The number of aryl methyl sites for hydroxylation is 1. The smallest absolute Gasteiger partial charge is 0.267 e. The molecule has 0 aliphatic heterocycles. The van der Waals surface area contributed by atoms with Gasteiger partial charge in [-0.3, -0.25) is 14.2 Å². The number of nitrogens with one attached hydrogen (secondary N) is 1. The summed E-state index contributed by atoms with van der Waals surface area (Å²) in [6.07, 6.45) is 1.77. The first kappa shape index (κ1) is 17.7. The molecule has 1 atom stereocenters. The van der Waals surface area contributed by atoms with Crippen molar-refractivity contribution in [1.82, 2.24) is 20.0 Å². The Labute approximate surface area is 149 Å². The van der Waals surface area contributed by atoms with E-state index in [1.54, 1.807) is 14.0 Å². The van der Waals surface area contributed by atoms with Gasteiger partial charge >= 0.3 is 0 Å². The third kappa shape index (κ3) is 3.30. The monoisotopic (exact) mass is 356 g/mol. The first-order valence-corrected chi connectivity index (χ1v) is 8.29. The normalized spacial score (nSPS) is 12.1. The first-order chi connectivity index (χ1) is 12.5. The second-order valence-electron chi connectivity index (χ2n) is 5.90. The van der Waals surface area contributed by atoms with E-state index in [-0.39, 0.29) is 17.2 Å². The van der Waals surface area contributed by atoms with Gasteiger partial charge in [-0.2, -0.15) is 0 Å². The second-order valence-corrected chi connectivity index (χ2v) is 5.90. The first-order valence-electron chi connectivity index (χ1n) is 8.29. The van der Waals surface area contributed by atoms with Gasteiger partial charge in [-0.1, -0.05) is 24.2 Å². The SMILES string of the molecule is CC[C@H](C(=O)NCc1cccc(OC)c1)n1cnc2onc(C)c2c1=O. The van der Waals surface area contributed by atoms with Gasteiger partial charge < -0.3 is 14.6 Å². The van der Waals surface area contributed by atoms with Gasteiger partial charge in [-0.05, 0) is 31.0 Å². The number of hydrogen-bond donors (Lipinski definition) is 1. The summed E-state index contributed by atoms with van der Waals surface area (Å²) in [5.41, 5.74) is 1.20. The van der Waals surface area contributed by atoms with Crippen molar-refractivity contribution in [3.05, 3.63) is 52.2 Å². The van der Waals surface area contributed by atoms with Crippen molar-refractivity contribution in [2.24, 2.45) is 0 Å². The van der Waals surface area contributed by atoms with Gasteiger partial charge in [-0.15, -0.1) is 0 Å². The van der Waals surface area contributed by atoms with Crippen LogP contribution in [0.3, 0.4) is 0 Å². The Morgan fingerprint density at radius 3 is 2.96 bits per heavy atom. The van der Waals surface area contributed by atoms with Crippen LogP contribution in [-0.2, 0) is 11.3 Å². The van der Waals surface area contributed by atoms with Crippen molar-refractivity contribution in [3.8, 4) is 5.75 Å². The number of carbonyl (C=O) groups excluding carboxylic acids is 1. The molecule has 3 aromatic rings. The third-order valence-corrected chi connectivity index (χ3v) is 4.22. The number of nitrogens with zero attached hydrogens (tertiary/aromatic N) is 3. The van der Waals surface area contributed by atoms with E-state index in [1.807, 2.05) is 31.2 Å². The summed E-state index contributed by atoms with van der Waals surface area (Å²) in [6.45, 7) is 3.85. The molecule has 0 aliphatic rings. The molecule has 1 aromatic carbocycles. The number of fused-ring (bicyclic) bond motifs is 1. The summed E-state index contributed by atoms with van der Waals surface area (Å²) in [5, 5.41) is 6.92. The summed E-state index contributed by atoms with van der Waals surface area (Å²) in [6, 6.07) is 6.77. The fraction of sp³-hybridized carbons (Fsp3) is 0.333. The van der Waals surface area contributed by atoms with Gasteiger partial charge in [0.25, 0.3) is 11.3 Å². The molecule has 0 saturated heterocycles. The number of rotatable bonds is 6. The Morgan fingerprint density at radius 2 is 2.23 bits per heavy atom. The van der Waals surface area contributed by atoms with Crippen LogP contribution in [0, 0.1) is 6.92 Å². The van der Waals surface area contributed by atoms with Gasteiger partial charge in [0.1, 0.15) is 23.5 Å². The summed E-state index contributed by atoms with van der Waals surface area (Å²) in [5.74, 6) is 0.463. The number of aromatic nitrogens is 3. The lowest BCUT2D eigenvalue weighted by Gasteiger charge is -2.17. The molecule has 0 aliphatic carbocycles. The number of amides is 1. The average Bonchev–Trinajstić information content (AvgIpc) is 3.04. The van der Waals surface area contributed by atoms with Crippen LogP contribution in [0.4, 0.5) is 0 Å². The van der Waals surface area contributed by atoms with Gasteiger partial charge in [0.2, 0.25) is 5.91 Å². The number of benzene rings is 1. The minimum Gasteiger partial charge on any atom is -0.497 e. The topological polar surface area (TPSA) is 99.2 Å². The van der Waals surface area contributed by atoms with E-state index in [9.17, 15) is 9.59 Å². The largest absolute Gasteiger partial charge is 0.497 e. The fourth-order valence-electron chi connectivity index (χ4n) is 2.81. The number of methoxy groups -OCH3 is 1. The van der Waals surface area contributed by atoms with Gasteiger partial charge in [0, 0.05) is 6.54 Å². The highest BCUT2D eigenvalue weighted by molar-refractivity contribution is 5.81.